The number of aromatic nitrogens is 4. The van der Waals surface area contributed by atoms with E-state index in [2.05, 4.69) is 49.9 Å². The molecule has 1 saturated carbocycles. The first kappa shape index (κ1) is 23.0. The zero-order chi connectivity index (χ0) is 24.4. The molecular weight excluding hydrogens is 474 g/mol. The smallest absolute Gasteiger partial charge is 0.159 e. The van der Waals surface area contributed by atoms with Crippen LogP contribution in [-0.2, 0) is 4.74 Å². The molecule has 0 atom stereocenters. The van der Waals surface area contributed by atoms with Gasteiger partial charge in [0.2, 0.25) is 0 Å². The molecule has 36 heavy (non-hydrogen) atoms. The number of benzene rings is 1. The van der Waals surface area contributed by atoms with Crippen molar-refractivity contribution in [1.29, 1.82) is 0 Å². The number of hydrogen-bond acceptors (Lipinski definition) is 6. The van der Waals surface area contributed by atoms with Crippen molar-refractivity contribution in [2.45, 2.75) is 63.6 Å². The molecule has 3 saturated heterocycles. The summed E-state index contributed by atoms with van der Waals surface area (Å²) in [6.45, 7) is 11.3. The number of nitrogens with zero attached hydrogens (tertiary/aromatic N) is 5. The summed E-state index contributed by atoms with van der Waals surface area (Å²) < 4.78 is 7.87. The van der Waals surface area contributed by atoms with Gasteiger partial charge in [0.05, 0.1) is 47.6 Å². The van der Waals surface area contributed by atoms with Gasteiger partial charge in [-0.05, 0) is 70.7 Å². The van der Waals surface area contributed by atoms with E-state index in [0.29, 0.717) is 12.1 Å². The minimum absolute atomic E-state index is 0.147. The monoisotopic (exact) mass is 509 g/mol. The minimum atomic E-state index is 0.147. The molecule has 7 rings (SSSR count). The molecule has 192 valence electrons. The standard InChI is InChI=1S/C27H36ClN7O/c1-17-12-22-21(13-30-31-22)24(25(17)28)23-18(2)35(19-4-8-29-9-5-19)32-26(23)34-11-10-33(20-14-36-15-20)16-27(34)6-3-7-27/h12-13,19-20,29H,3-11,14-16H2,1-2H3,(H,30,31). The third kappa shape index (κ3) is 3.45. The average Bonchev–Trinajstić information content (AvgIpc) is 3.42. The molecule has 1 spiro atoms. The lowest BCUT2D eigenvalue weighted by Crippen LogP contribution is -2.69. The zero-order valence-electron chi connectivity index (χ0n) is 21.3. The molecule has 5 heterocycles. The van der Waals surface area contributed by atoms with Crippen LogP contribution >= 0.6 is 11.6 Å². The van der Waals surface area contributed by atoms with E-state index in [1.807, 2.05) is 6.20 Å². The maximum atomic E-state index is 7.12. The van der Waals surface area contributed by atoms with E-state index >= 15 is 0 Å². The van der Waals surface area contributed by atoms with Gasteiger partial charge < -0.3 is 15.0 Å². The van der Waals surface area contributed by atoms with E-state index in [9.17, 15) is 0 Å². The molecule has 3 aromatic rings. The van der Waals surface area contributed by atoms with Crippen molar-refractivity contribution < 1.29 is 4.74 Å². The van der Waals surface area contributed by atoms with Gasteiger partial charge in [0.1, 0.15) is 0 Å². The molecule has 0 radical (unpaired) electrons. The van der Waals surface area contributed by atoms with Crippen molar-refractivity contribution >= 4 is 28.3 Å². The Labute approximate surface area is 217 Å². The van der Waals surface area contributed by atoms with Gasteiger partial charge >= 0.3 is 0 Å². The number of hydrogen-bond donors (Lipinski definition) is 2. The number of anilines is 1. The average molecular weight is 510 g/mol. The normalized spacial score (nSPS) is 23.4. The SMILES string of the molecule is Cc1cc2[nH]ncc2c(-c2c(N3CCN(C4COC4)CC34CCC4)nn(C3CCNCC3)c2C)c1Cl. The van der Waals surface area contributed by atoms with Crippen LogP contribution in [0.2, 0.25) is 5.02 Å². The second kappa shape index (κ2) is 8.72. The predicted molar refractivity (Wildman–Crippen MR) is 143 cm³/mol. The molecule has 1 aromatic carbocycles. The number of fused-ring (bicyclic) bond motifs is 1. The topological polar surface area (TPSA) is 74.2 Å². The van der Waals surface area contributed by atoms with Crippen molar-refractivity contribution in [2.75, 3.05) is 50.8 Å². The van der Waals surface area contributed by atoms with Gasteiger partial charge in [-0.3, -0.25) is 14.7 Å². The van der Waals surface area contributed by atoms with Crippen LogP contribution in [0.25, 0.3) is 22.0 Å². The number of halogens is 1. The number of ether oxygens (including phenoxy) is 1. The number of nitrogens with one attached hydrogen (secondary N) is 2. The minimum Gasteiger partial charge on any atom is -0.378 e. The first-order valence-corrected chi connectivity index (χ1v) is 14.0. The predicted octanol–water partition coefficient (Wildman–Crippen LogP) is 4.06. The van der Waals surface area contributed by atoms with E-state index in [-0.39, 0.29) is 5.54 Å². The van der Waals surface area contributed by atoms with Crippen molar-refractivity contribution in [2.24, 2.45) is 0 Å². The Bertz CT molecular complexity index is 1290. The molecule has 2 aromatic heterocycles. The highest BCUT2D eigenvalue weighted by atomic mass is 35.5. The van der Waals surface area contributed by atoms with Gasteiger partial charge in [-0.25, -0.2) is 0 Å². The van der Waals surface area contributed by atoms with Gasteiger partial charge in [-0.1, -0.05) is 11.6 Å². The van der Waals surface area contributed by atoms with Crippen molar-refractivity contribution in [1.82, 2.24) is 30.2 Å². The first-order valence-electron chi connectivity index (χ1n) is 13.6. The Morgan fingerprint density at radius 3 is 2.58 bits per heavy atom. The fourth-order valence-corrected chi connectivity index (χ4v) is 7.19. The Kier molecular flexibility index (Phi) is 5.58. The summed E-state index contributed by atoms with van der Waals surface area (Å²) in [5, 5.41) is 18.4. The third-order valence-corrected chi connectivity index (χ3v) is 9.75. The molecule has 2 N–H and O–H groups in total. The van der Waals surface area contributed by atoms with Crippen LogP contribution < -0.4 is 10.2 Å². The summed E-state index contributed by atoms with van der Waals surface area (Å²) in [5.41, 5.74) is 5.74. The van der Waals surface area contributed by atoms with Crippen LogP contribution in [0.3, 0.4) is 0 Å². The summed E-state index contributed by atoms with van der Waals surface area (Å²) in [5.74, 6) is 1.12. The van der Waals surface area contributed by atoms with Gasteiger partial charge in [0, 0.05) is 41.8 Å². The zero-order valence-corrected chi connectivity index (χ0v) is 22.1. The van der Waals surface area contributed by atoms with Gasteiger partial charge in [0.15, 0.2) is 5.82 Å². The Balaban J connectivity index is 1.39. The van der Waals surface area contributed by atoms with Crippen molar-refractivity contribution in [3.8, 4) is 11.1 Å². The van der Waals surface area contributed by atoms with E-state index in [0.717, 1.165) is 91.6 Å². The molecule has 4 fully saturated rings. The first-order chi connectivity index (χ1) is 17.6. The number of piperidine rings is 1. The molecular formula is C27H36ClN7O. The quantitative estimate of drug-likeness (QED) is 0.552. The number of aromatic amines is 1. The lowest BCUT2D eigenvalue weighted by Gasteiger charge is -2.58. The third-order valence-electron chi connectivity index (χ3n) is 9.26. The molecule has 9 heteroatoms. The lowest BCUT2D eigenvalue weighted by atomic mass is 9.73. The van der Waals surface area contributed by atoms with Gasteiger partial charge in [0.25, 0.3) is 0 Å². The number of piperazine rings is 1. The van der Waals surface area contributed by atoms with Crippen molar-refractivity contribution in [3.63, 3.8) is 0 Å². The van der Waals surface area contributed by atoms with E-state index in [4.69, 9.17) is 21.4 Å². The summed E-state index contributed by atoms with van der Waals surface area (Å²) in [6, 6.07) is 3.09. The Morgan fingerprint density at radius 1 is 1.08 bits per heavy atom. The van der Waals surface area contributed by atoms with Crippen LogP contribution in [0.1, 0.15) is 49.4 Å². The van der Waals surface area contributed by atoms with Crippen LogP contribution in [0.4, 0.5) is 5.82 Å². The number of H-pyrrole nitrogens is 1. The van der Waals surface area contributed by atoms with E-state index in [1.165, 1.54) is 30.5 Å². The van der Waals surface area contributed by atoms with Crippen LogP contribution in [-0.4, -0.2) is 82.4 Å². The van der Waals surface area contributed by atoms with Crippen LogP contribution in [0.5, 0.6) is 0 Å². The molecule has 4 aliphatic rings. The second-order valence-corrected chi connectivity index (χ2v) is 11.7. The Hall–Kier alpha value is -2.13. The number of aryl methyl sites for hydroxylation is 1. The molecule has 0 unspecified atom stereocenters. The molecule has 8 nitrogen and oxygen atoms in total. The number of rotatable bonds is 4. The maximum Gasteiger partial charge on any atom is 0.159 e. The fraction of sp³-hybridized carbons (Fsp3) is 0.630. The molecule has 3 aliphatic heterocycles. The Morgan fingerprint density at radius 2 is 1.89 bits per heavy atom. The summed E-state index contributed by atoms with van der Waals surface area (Å²) >= 11 is 7.12. The fourth-order valence-electron chi connectivity index (χ4n) is 6.93. The van der Waals surface area contributed by atoms with Crippen LogP contribution in [0.15, 0.2) is 12.3 Å². The summed E-state index contributed by atoms with van der Waals surface area (Å²) in [4.78, 5) is 5.33. The van der Waals surface area contributed by atoms with E-state index < -0.39 is 0 Å². The highest BCUT2D eigenvalue weighted by molar-refractivity contribution is 6.36. The lowest BCUT2D eigenvalue weighted by molar-refractivity contribution is -0.0819. The van der Waals surface area contributed by atoms with E-state index in [1.54, 1.807) is 0 Å². The molecule has 0 bridgehead atoms. The van der Waals surface area contributed by atoms with Gasteiger partial charge in [-0.2, -0.15) is 10.2 Å². The van der Waals surface area contributed by atoms with Gasteiger partial charge in [-0.15, -0.1) is 0 Å². The highest BCUT2D eigenvalue weighted by Gasteiger charge is 2.50. The highest BCUT2D eigenvalue weighted by Crippen LogP contribution is 2.49. The largest absolute Gasteiger partial charge is 0.378 e. The summed E-state index contributed by atoms with van der Waals surface area (Å²) in [6.07, 6.45) is 7.85. The molecule has 1 aliphatic carbocycles. The molecule has 0 amide bonds. The summed E-state index contributed by atoms with van der Waals surface area (Å²) in [7, 11) is 0. The maximum absolute atomic E-state index is 7.12. The second-order valence-electron chi connectivity index (χ2n) is 11.3. The van der Waals surface area contributed by atoms with Crippen molar-refractivity contribution in [3.05, 3.63) is 28.5 Å². The van der Waals surface area contributed by atoms with Crippen LogP contribution in [0, 0.1) is 13.8 Å².